The predicted octanol–water partition coefficient (Wildman–Crippen LogP) is 13.5. The Hall–Kier alpha value is -9.24. The van der Waals surface area contributed by atoms with Gasteiger partial charge in [0.05, 0.1) is 85.7 Å². The van der Waals surface area contributed by atoms with Crippen molar-refractivity contribution in [2.45, 2.75) is 177 Å². The summed E-state index contributed by atoms with van der Waals surface area (Å²) in [6.07, 6.45) is 6.70. The molecule has 0 aromatic heterocycles. The molecular formula is C90H133F3N6O18. The number of carbonyl (C=O) groups is 11. The highest BCUT2D eigenvalue weighted by atomic mass is 19.1. The third-order valence-corrected chi connectivity index (χ3v) is 22.2. The molecule has 652 valence electrons. The third-order valence-electron chi connectivity index (χ3n) is 22.2. The van der Waals surface area contributed by atoms with E-state index in [0.29, 0.717) is 75.8 Å². The van der Waals surface area contributed by atoms with Gasteiger partial charge in [0.15, 0.2) is 11.3 Å². The van der Waals surface area contributed by atoms with E-state index in [2.05, 4.69) is 59.8 Å². The van der Waals surface area contributed by atoms with Crippen LogP contribution in [-0.2, 0) is 76.4 Å². The van der Waals surface area contributed by atoms with Crippen LogP contribution in [0.25, 0.3) is 0 Å². The first kappa shape index (κ1) is 102. The molecule has 4 aromatic carbocycles. The number of nitrogens with two attached hydrogens (primary N) is 1. The molecule has 0 radical (unpaired) electrons. The fourth-order valence-corrected chi connectivity index (χ4v) is 15.4. The van der Waals surface area contributed by atoms with Gasteiger partial charge >= 0.3 is 35.8 Å². The summed E-state index contributed by atoms with van der Waals surface area (Å²) in [5.41, 5.74) is 8.49. The van der Waals surface area contributed by atoms with E-state index >= 15 is 0 Å². The lowest BCUT2D eigenvalue weighted by Crippen LogP contribution is -2.40. The number of aliphatic carboxylic acids is 1. The Morgan fingerprint density at radius 2 is 0.769 bits per heavy atom. The van der Waals surface area contributed by atoms with Crippen molar-refractivity contribution >= 4 is 65.4 Å². The molecule has 5 amide bonds. The number of rotatable bonds is 32. The molecule has 5 fully saturated rings. The number of likely N-dealkylation sites (tertiary alicyclic amines) is 4. The number of hydrogen-bond donors (Lipinski definition) is 4. The second-order valence-corrected chi connectivity index (χ2v) is 32.3. The van der Waals surface area contributed by atoms with Gasteiger partial charge in [0.2, 0.25) is 29.5 Å². The van der Waals surface area contributed by atoms with Crippen molar-refractivity contribution in [2.24, 2.45) is 82.2 Å². The van der Waals surface area contributed by atoms with Gasteiger partial charge in [0.25, 0.3) is 0 Å². The highest BCUT2D eigenvalue weighted by molar-refractivity contribution is 5.99. The Balaban J connectivity index is 0.000000361. The van der Waals surface area contributed by atoms with E-state index in [-0.39, 0.29) is 140 Å². The van der Waals surface area contributed by atoms with Gasteiger partial charge in [0, 0.05) is 77.9 Å². The van der Waals surface area contributed by atoms with E-state index in [4.69, 9.17) is 30.2 Å². The van der Waals surface area contributed by atoms with Crippen molar-refractivity contribution in [1.82, 2.24) is 24.9 Å². The number of carbonyl (C=O) groups excluding carboxylic acids is 10. The molecule has 0 bridgehead atoms. The summed E-state index contributed by atoms with van der Waals surface area (Å²) in [5.74, 6) is -2.25. The zero-order chi connectivity index (χ0) is 87.6. The summed E-state index contributed by atoms with van der Waals surface area (Å²) in [6.45, 7) is 23.7. The number of hydrogen-bond acceptors (Lipinski definition) is 18. The number of amides is 5. The first-order valence-electron chi connectivity index (χ1n) is 40.8. The van der Waals surface area contributed by atoms with Gasteiger partial charge in [-0.2, -0.15) is 0 Å². The van der Waals surface area contributed by atoms with Crippen molar-refractivity contribution < 1.29 is 99.8 Å². The Kier molecular flexibility index (Phi) is 46.4. The lowest BCUT2D eigenvalue weighted by molar-refractivity contribution is -0.169. The molecule has 0 saturated carbocycles. The van der Waals surface area contributed by atoms with Crippen LogP contribution in [0.2, 0.25) is 0 Å². The summed E-state index contributed by atoms with van der Waals surface area (Å²) >= 11 is 0. The summed E-state index contributed by atoms with van der Waals surface area (Å²) in [5, 5.41) is 20.3. The molecule has 0 spiro atoms. The van der Waals surface area contributed by atoms with Gasteiger partial charge in [-0.05, 0) is 168 Å². The van der Waals surface area contributed by atoms with Gasteiger partial charge in [-0.25, -0.2) is 0 Å². The summed E-state index contributed by atoms with van der Waals surface area (Å²) < 4.78 is 59.5. The molecule has 24 nitrogen and oxygen atoms in total. The minimum atomic E-state index is -1.40. The number of esters is 5. The smallest absolute Gasteiger partial charge is 0.322 e. The zero-order valence-corrected chi connectivity index (χ0v) is 71.8. The molecule has 5 aliphatic rings. The number of alkyl halides is 3. The number of nitrogens with zero attached hydrogens (tertiary/aromatic N) is 4. The zero-order valence-electron chi connectivity index (χ0n) is 71.8. The van der Waals surface area contributed by atoms with Gasteiger partial charge < -0.3 is 64.5 Å². The number of halogens is 3. The number of carboxylic acid groups (broad SMARTS) is 1. The Morgan fingerprint density at radius 1 is 0.453 bits per heavy atom. The van der Waals surface area contributed by atoms with Gasteiger partial charge in [-0.3, -0.25) is 65.9 Å². The maximum absolute atomic E-state index is 12.6. The minimum Gasteiger partial charge on any atom is -0.481 e. The number of aliphatic hydroxyl groups is 1. The quantitative estimate of drug-likeness (QED) is 0.0200. The molecule has 9 rings (SSSR count). The van der Waals surface area contributed by atoms with Crippen LogP contribution < -0.4 is 11.1 Å². The first-order valence-corrected chi connectivity index (χ1v) is 40.8. The van der Waals surface area contributed by atoms with Crippen LogP contribution in [0, 0.1) is 76.4 Å². The number of benzene rings is 4. The summed E-state index contributed by atoms with van der Waals surface area (Å²) in [7, 11) is 6.34. The summed E-state index contributed by atoms with van der Waals surface area (Å²) in [4.78, 5) is 134. The van der Waals surface area contributed by atoms with Crippen LogP contribution in [-0.4, -0.2) is 197 Å². The van der Waals surface area contributed by atoms with Gasteiger partial charge in [-0.15, -0.1) is 0 Å². The van der Waals surface area contributed by atoms with Crippen LogP contribution in [0.1, 0.15) is 200 Å². The molecule has 5 N–H and O–H groups in total. The monoisotopic (exact) mass is 1640 g/mol. The van der Waals surface area contributed by atoms with Crippen molar-refractivity contribution in [1.29, 1.82) is 0 Å². The molecule has 0 aliphatic carbocycles. The second-order valence-electron chi connectivity index (χ2n) is 32.3. The van der Waals surface area contributed by atoms with E-state index in [1.54, 1.807) is 11.8 Å². The normalized spacial score (nSPS) is 20.1. The topological polar surface area (TPSA) is 325 Å². The molecule has 5 saturated heterocycles. The average molecular weight is 1640 g/mol. The van der Waals surface area contributed by atoms with Crippen LogP contribution >= 0.6 is 0 Å². The molecule has 27 heteroatoms. The number of carboxylic acids is 1. The number of ether oxygens (including phenoxy) is 5. The SMILES string of the molecule is CC(CF)C[C@@H]1CNC(=O)C1.CC(CF)C[C@H](CN)CC(=O)O.CC(CF)C[C@H]1CC(=O)N([C@@H](C)c2ccccc2)C1.CC(CO)C[C@H]1CC(=O)N([C@@H](C)c2ccccc2)C1.COC(=O)C(C)(C[C@H]1CC(=O)N([C@@H](C)c2ccccc2)C1)C(=O)OC.COC(=O)C(C)C(=O)OC.COC(=O)C(C)C[C@H]1CC(=O)N([C@@H](C)c2ccccc2)C1. The van der Waals surface area contributed by atoms with E-state index < -0.39 is 47.9 Å². The summed E-state index contributed by atoms with van der Waals surface area (Å²) in [6, 6.07) is 40.3. The Labute approximate surface area is 691 Å². The van der Waals surface area contributed by atoms with Crippen molar-refractivity contribution in [3.05, 3.63) is 144 Å². The number of methoxy groups -OCH3 is 5. The fraction of sp³-hybridized carbons (Fsp3) is 0.611. The number of aliphatic hydroxyl groups excluding tert-OH is 1. The molecular weight excluding hydrogens is 1510 g/mol. The highest BCUT2D eigenvalue weighted by Crippen LogP contribution is 2.39. The molecule has 4 aromatic rings. The Morgan fingerprint density at radius 3 is 1.06 bits per heavy atom. The van der Waals surface area contributed by atoms with Crippen LogP contribution in [0.15, 0.2) is 121 Å². The maximum Gasteiger partial charge on any atom is 0.322 e. The second kappa shape index (κ2) is 53.2. The standard InChI is InChI=1S/C19H25NO5.C17H23NO3.C16H22FNO.C16H23NO2.C8H16FNO2.C8H14FNO.C6H10O4/c1-13(15-8-6-5-7-9-15)20-12-14(10-16(20)21)11-19(2,17(22)24-3)18(23)25-4;1-12(17(20)21-3)9-14-10-16(19)18(11-14)13(2)15-7-5-4-6-8-15;1-12(10-17)8-14-9-16(19)18(11-14)13(2)15-6-4-3-5-7-15;1-12(11-18)8-14-9-16(19)17(10-14)13(2)15-6-4-3-5-7-15;1-6(4-9)2-7(5-10)3-8(11)12;1-6(4-9)2-7-3-8(11)10-5-7;1-4(5(7)9-2)6(8)10-3/h5-9,13-14H,10-12H2,1-4H3;4-8,12-14H,9-11H2,1-3H3;3-7,12-14H,8-11H2,1-2H3;3-7,12-14,18H,8-11H2,1-2H3;6-7H,2-5,10H2,1H3,(H,11,12);6-7H,2-5H2,1H3,(H,10,11);4H,1-3H3/t13-,14+;3*12?,13-,14-;2*6?,7-;/m000000./s1. The van der Waals surface area contributed by atoms with Crippen LogP contribution in [0.4, 0.5) is 13.2 Å². The number of nitrogens with one attached hydrogen (secondary N) is 1. The maximum atomic E-state index is 12.6. The van der Waals surface area contributed by atoms with E-state index in [9.17, 15) is 65.9 Å². The van der Waals surface area contributed by atoms with E-state index in [1.807, 2.05) is 146 Å². The lowest BCUT2D eigenvalue weighted by atomic mass is 9.80. The lowest BCUT2D eigenvalue weighted by Gasteiger charge is -2.28. The van der Waals surface area contributed by atoms with E-state index in [0.717, 1.165) is 62.1 Å². The Bertz CT molecular complexity index is 3550. The molecule has 15 atom stereocenters. The van der Waals surface area contributed by atoms with Crippen LogP contribution in [0.5, 0.6) is 0 Å². The fourth-order valence-electron chi connectivity index (χ4n) is 15.4. The molecule has 117 heavy (non-hydrogen) atoms. The van der Waals surface area contributed by atoms with Crippen molar-refractivity contribution in [2.75, 3.05) is 101 Å². The largest absolute Gasteiger partial charge is 0.481 e. The minimum absolute atomic E-state index is 0.0263. The van der Waals surface area contributed by atoms with Gasteiger partial charge in [-0.1, -0.05) is 156 Å². The molecule has 5 aliphatic heterocycles. The van der Waals surface area contributed by atoms with Crippen LogP contribution in [0.3, 0.4) is 0 Å². The first-order chi connectivity index (χ1) is 55.5. The van der Waals surface area contributed by atoms with Gasteiger partial charge in [0.1, 0.15) is 0 Å². The van der Waals surface area contributed by atoms with Crippen molar-refractivity contribution in [3.8, 4) is 0 Å². The predicted molar refractivity (Wildman–Crippen MR) is 441 cm³/mol. The highest BCUT2D eigenvalue weighted by Gasteiger charge is 2.48. The average Bonchev–Trinajstić information content (AvgIpc) is 1.74. The van der Waals surface area contributed by atoms with Crippen molar-refractivity contribution in [3.63, 3.8) is 0 Å². The van der Waals surface area contributed by atoms with E-state index in [1.165, 1.54) is 55.0 Å². The molecule has 5 heterocycles. The third kappa shape index (κ3) is 34.3. The molecule has 5 unspecified atom stereocenters.